The average molecular weight is 426 g/mol. The van der Waals surface area contributed by atoms with Gasteiger partial charge in [-0.05, 0) is 38.5 Å². The summed E-state index contributed by atoms with van der Waals surface area (Å²) in [4.78, 5) is 24.0. The molecule has 1 amide bonds. The maximum Gasteiger partial charge on any atom is 0.244 e. The van der Waals surface area contributed by atoms with E-state index >= 15 is 0 Å². The number of carbonyl (C=O) groups is 1. The second kappa shape index (κ2) is 9.92. The molecule has 0 N–H and O–H groups in total. The van der Waals surface area contributed by atoms with Gasteiger partial charge in [-0.2, -0.15) is 4.98 Å². The number of carbonyl (C=O) groups excluding carboxylic acids is 1. The van der Waals surface area contributed by atoms with E-state index in [1.54, 1.807) is 0 Å². The molecule has 2 fully saturated rings. The van der Waals surface area contributed by atoms with E-state index < -0.39 is 0 Å². The van der Waals surface area contributed by atoms with Gasteiger partial charge in [0.2, 0.25) is 17.6 Å². The fourth-order valence-electron chi connectivity index (χ4n) is 4.71. The van der Waals surface area contributed by atoms with Gasteiger partial charge < -0.3 is 9.42 Å². The standard InChI is InChI=1S/C24H35N5O2/c1-18-9-11-21(12-10-18)27(3)22(30)17-28-13-15-29(16-14-28)19(2)24-25-23(26-31-24)20-7-5-4-6-8-20/h4-8,18-19,21H,9-17H2,1-3H3. The van der Waals surface area contributed by atoms with E-state index in [0.29, 0.717) is 24.3 Å². The summed E-state index contributed by atoms with van der Waals surface area (Å²) in [6.45, 7) is 8.49. The lowest BCUT2D eigenvalue weighted by Gasteiger charge is -2.38. The minimum atomic E-state index is 0.0646. The number of hydrogen-bond acceptors (Lipinski definition) is 6. The Balaban J connectivity index is 1.26. The highest BCUT2D eigenvalue weighted by Gasteiger charge is 2.29. The molecule has 1 atom stereocenters. The van der Waals surface area contributed by atoms with E-state index in [9.17, 15) is 4.79 Å². The van der Waals surface area contributed by atoms with Gasteiger partial charge in [0, 0.05) is 44.8 Å². The van der Waals surface area contributed by atoms with Crippen LogP contribution in [0.15, 0.2) is 34.9 Å². The van der Waals surface area contributed by atoms with E-state index in [-0.39, 0.29) is 11.9 Å². The lowest BCUT2D eigenvalue weighted by molar-refractivity contribution is -0.134. The molecule has 31 heavy (non-hydrogen) atoms. The molecule has 1 unspecified atom stereocenters. The van der Waals surface area contributed by atoms with E-state index in [0.717, 1.165) is 50.5 Å². The Morgan fingerprint density at radius 3 is 2.48 bits per heavy atom. The van der Waals surface area contributed by atoms with Crippen molar-refractivity contribution in [1.29, 1.82) is 0 Å². The average Bonchev–Trinajstić information content (AvgIpc) is 3.30. The topological polar surface area (TPSA) is 65.7 Å². The Labute approximate surface area is 185 Å². The van der Waals surface area contributed by atoms with Crippen LogP contribution in [0.4, 0.5) is 0 Å². The second-order valence-corrected chi connectivity index (χ2v) is 9.23. The first-order valence-corrected chi connectivity index (χ1v) is 11.6. The molecule has 168 valence electrons. The van der Waals surface area contributed by atoms with Gasteiger partial charge in [-0.1, -0.05) is 42.4 Å². The van der Waals surface area contributed by atoms with Crippen molar-refractivity contribution in [2.24, 2.45) is 5.92 Å². The van der Waals surface area contributed by atoms with E-state index in [2.05, 4.69) is 33.8 Å². The largest absolute Gasteiger partial charge is 0.342 e. The second-order valence-electron chi connectivity index (χ2n) is 9.23. The molecule has 1 aromatic heterocycles. The predicted molar refractivity (Wildman–Crippen MR) is 120 cm³/mol. The first-order chi connectivity index (χ1) is 15.0. The molecule has 1 aromatic carbocycles. The van der Waals surface area contributed by atoms with Crippen molar-refractivity contribution in [3.05, 3.63) is 36.2 Å². The van der Waals surface area contributed by atoms with Crippen LogP contribution >= 0.6 is 0 Å². The summed E-state index contributed by atoms with van der Waals surface area (Å²) in [7, 11) is 1.99. The lowest BCUT2D eigenvalue weighted by atomic mass is 9.87. The predicted octanol–water partition coefficient (Wildman–Crippen LogP) is 3.45. The smallest absolute Gasteiger partial charge is 0.244 e. The zero-order chi connectivity index (χ0) is 21.8. The van der Waals surface area contributed by atoms with Gasteiger partial charge in [-0.15, -0.1) is 0 Å². The third-order valence-corrected chi connectivity index (χ3v) is 7.07. The third kappa shape index (κ3) is 5.33. The van der Waals surface area contributed by atoms with Crippen LogP contribution in [0.2, 0.25) is 0 Å². The molecule has 2 aromatic rings. The maximum absolute atomic E-state index is 12.8. The van der Waals surface area contributed by atoms with Crippen LogP contribution in [0.25, 0.3) is 11.4 Å². The molecule has 4 rings (SSSR count). The van der Waals surface area contributed by atoms with Gasteiger partial charge in [0.15, 0.2) is 0 Å². The van der Waals surface area contributed by atoms with Gasteiger partial charge in [-0.3, -0.25) is 14.6 Å². The summed E-state index contributed by atoms with van der Waals surface area (Å²) in [6.07, 6.45) is 4.76. The number of piperazine rings is 1. The summed E-state index contributed by atoms with van der Waals surface area (Å²) in [6, 6.07) is 10.4. The first kappa shape index (κ1) is 22.0. The Kier molecular flexibility index (Phi) is 7.02. The van der Waals surface area contributed by atoms with Crippen molar-refractivity contribution in [2.45, 2.75) is 51.6 Å². The fourth-order valence-corrected chi connectivity index (χ4v) is 4.71. The molecular formula is C24H35N5O2. The van der Waals surface area contributed by atoms with Crippen LogP contribution in [-0.4, -0.2) is 76.6 Å². The molecule has 7 heteroatoms. The fraction of sp³-hybridized carbons (Fsp3) is 0.625. The van der Waals surface area contributed by atoms with Crippen LogP contribution in [0, 0.1) is 5.92 Å². The SMILES string of the molecule is CC1CCC(N(C)C(=O)CN2CCN(C(C)c3nc(-c4ccccc4)no3)CC2)CC1. The summed E-state index contributed by atoms with van der Waals surface area (Å²) >= 11 is 0. The number of rotatable bonds is 6. The zero-order valence-electron chi connectivity index (χ0n) is 19.0. The Morgan fingerprint density at radius 2 is 1.81 bits per heavy atom. The molecule has 2 aliphatic rings. The van der Waals surface area contributed by atoms with Crippen LogP contribution in [0.3, 0.4) is 0 Å². The minimum absolute atomic E-state index is 0.0646. The van der Waals surface area contributed by atoms with Crippen LogP contribution in [-0.2, 0) is 4.79 Å². The van der Waals surface area contributed by atoms with E-state index in [4.69, 9.17) is 4.52 Å². The van der Waals surface area contributed by atoms with Crippen molar-refractivity contribution in [3.8, 4) is 11.4 Å². The Hall–Kier alpha value is -2.25. The molecule has 1 saturated carbocycles. The molecular weight excluding hydrogens is 390 g/mol. The van der Waals surface area contributed by atoms with Gasteiger partial charge >= 0.3 is 0 Å². The summed E-state index contributed by atoms with van der Waals surface area (Å²) in [5.74, 6) is 2.34. The molecule has 2 heterocycles. The van der Waals surface area contributed by atoms with Crippen molar-refractivity contribution in [1.82, 2.24) is 24.8 Å². The minimum Gasteiger partial charge on any atom is -0.342 e. The molecule has 0 bridgehead atoms. The highest BCUT2D eigenvalue weighted by molar-refractivity contribution is 5.78. The number of likely N-dealkylation sites (N-methyl/N-ethyl adjacent to an activating group) is 1. The van der Waals surface area contributed by atoms with Crippen LogP contribution in [0.1, 0.15) is 51.5 Å². The molecule has 0 radical (unpaired) electrons. The maximum atomic E-state index is 12.8. The Morgan fingerprint density at radius 1 is 1.13 bits per heavy atom. The summed E-state index contributed by atoms with van der Waals surface area (Å²) in [5, 5.41) is 4.15. The van der Waals surface area contributed by atoms with Gasteiger partial charge in [0.1, 0.15) is 0 Å². The summed E-state index contributed by atoms with van der Waals surface area (Å²) < 4.78 is 5.55. The lowest BCUT2D eigenvalue weighted by Crippen LogP contribution is -2.51. The highest BCUT2D eigenvalue weighted by atomic mass is 16.5. The molecule has 1 aliphatic heterocycles. The van der Waals surface area contributed by atoms with E-state index in [1.807, 2.05) is 42.3 Å². The number of nitrogens with zero attached hydrogens (tertiary/aromatic N) is 5. The van der Waals surface area contributed by atoms with Crippen molar-refractivity contribution >= 4 is 5.91 Å². The number of amides is 1. The number of aromatic nitrogens is 2. The van der Waals surface area contributed by atoms with Gasteiger partial charge in [0.25, 0.3) is 0 Å². The van der Waals surface area contributed by atoms with Crippen LogP contribution < -0.4 is 0 Å². The third-order valence-electron chi connectivity index (χ3n) is 7.07. The van der Waals surface area contributed by atoms with Gasteiger partial charge in [-0.25, -0.2) is 0 Å². The van der Waals surface area contributed by atoms with Crippen molar-refractivity contribution < 1.29 is 9.32 Å². The first-order valence-electron chi connectivity index (χ1n) is 11.6. The quantitative estimate of drug-likeness (QED) is 0.706. The monoisotopic (exact) mass is 425 g/mol. The molecule has 0 spiro atoms. The normalized spacial score (nSPS) is 24.1. The van der Waals surface area contributed by atoms with E-state index in [1.165, 1.54) is 12.8 Å². The zero-order valence-corrected chi connectivity index (χ0v) is 19.0. The van der Waals surface area contributed by atoms with Gasteiger partial charge in [0.05, 0.1) is 12.6 Å². The molecule has 1 saturated heterocycles. The number of benzene rings is 1. The molecule has 7 nitrogen and oxygen atoms in total. The van der Waals surface area contributed by atoms with Crippen molar-refractivity contribution in [2.75, 3.05) is 39.8 Å². The molecule has 1 aliphatic carbocycles. The summed E-state index contributed by atoms with van der Waals surface area (Å²) in [5.41, 5.74) is 0.963. The highest BCUT2D eigenvalue weighted by Crippen LogP contribution is 2.27. The number of hydrogen-bond donors (Lipinski definition) is 0. The Bertz CT molecular complexity index is 839. The van der Waals surface area contributed by atoms with Crippen LogP contribution in [0.5, 0.6) is 0 Å². The van der Waals surface area contributed by atoms with Crippen molar-refractivity contribution in [3.63, 3.8) is 0 Å².